The number of likely N-dealkylation sites (tertiary alicyclic amines) is 1. The van der Waals surface area contributed by atoms with Gasteiger partial charge in [-0.3, -0.25) is 4.79 Å². The van der Waals surface area contributed by atoms with Crippen molar-refractivity contribution in [3.63, 3.8) is 0 Å². The van der Waals surface area contributed by atoms with Gasteiger partial charge in [-0.15, -0.1) is 0 Å². The van der Waals surface area contributed by atoms with Gasteiger partial charge in [-0.05, 0) is 38.9 Å². The van der Waals surface area contributed by atoms with Crippen LogP contribution in [-0.4, -0.2) is 42.0 Å². The third-order valence-electron chi connectivity index (χ3n) is 4.59. The van der Waals surface area contributed by atoms with Crippen LogP contribution in [-0.2, 0) is 0 Å². The first-order valence-corrected chi connectivity index (χ1v) is 7.85. The molecule has 2 aromatic rings. The predicted molar refractivity (Wildman–Crippen MR) is 85.8 cm³/mol. The van der Waals surface area contributed by atoms with E-state index in [0.717, 1.165) is 53.9 Å². The molecule has 0 atom stereocenters. The number of aryl methyl sites for hydroxylation is 2. The maximum atomic E-state index is 12.7. The summed E-state index contributed by atoms with van der Waals surface area (Å²) >= 11 is 0. The van der Waals surface area contributed by atoms with E-state index in [-0.39, 0.29) is 5.91 Å². The first-order valence-electron chi connectivity index (χ1n) is 7.85. The van der Waals surface area contributed by atoms with E-state index >= 15 is 0 Å². The SMILES string of the molecule is CNC1CCN(C(=O)c2ccc3[nH+]c(C)c(C)nc3c2)CC1. The van der Waals surface area contributed by atoms with Crippen LogP contribution < -0.4 is 10.3 Å². The van der Waals surface area contributed by atoms with Gasteiger partial charge in [-0.2, -0.15) is 0 Å². The minimum absolute atomic E-state index is 0.108. The third-order valence-corrected chi connectivity index (χ3v) is 4.59. The Balaban J connectivity index is 1.84. The van der Waals surface area contributed by atoms with Crippen LogP contribution in [0.25, 0.3) is 11.0 Å². The summed E-state index contributed by atoms with van der Waals surface area (Å²) < 4.78 is 0. The lowest BCUT2D eigenvalue weighted by molar-refractivity contribution is -0.356. The molecule has 1 saturated heterocycles. The second-order valence-electron chi connectivity index (χ2n) is 6.03. The van der Waals surface area contributed by atoms with Gasteiger partial charge in [0.05, 0.1) is 0 Å². The standard InChI is InChI=1S/C17H22N4O/c1-11-12(2)20-16-10-13(4-5-15(16)19-11)17(22)21-8-6-14(18-3)7-9-21/h4-5,10,14,18H,6-9H2,1-3H3/p+1. The van der Waals surface area contributed by atoms with E-state index in [4.69, 9.17) is 0 Å². The molecule has 22 heavy (non-hydrogen) atoms. The number of H-pyrrole nitrogens is 1. The van der Waals surface area contributed by atoms with E-state index in [1.165, 1.54) is 0 Å². The number of hydrogen-bond acceptors (Lipinski definition) is 3. The molecule has 1 amide bonds. The lowest BCUT2D eigenvalue weighted by Crippen LogP contribution is -2.43. The highest BCUT2D eigenvalue weighted by molar-refractivity contribution is 5.97. The smallest absolute Gasteiger partial charge is 0.253 e. The van der Waals surface area contributed by atoms with Crippen LogP contribution in [0.5, 0.6) is 0 Å². The molecule has 3 rings (SSSR count). The Morgan fingerprint density at radius 3 is 2.73 bits per heavy atom. The summed E-state index contributed by atoms with van der Waals surface area (Å²) in [5, 5.41) is 3.29. The fourth-order valence-corrected chi connectivity index (χ4v) is 2.97. The highest BCUT2D eigenvalue weighted by Gasteiger charge is 2.23. The molecule has 116 valence electrons. The zero-order valence-electron chi connectivity index (χ0n) is 13.4. The molecule has 0 spiro atoms. The van der Waals surface area contributed by atoms with E-state index in [1.54, 1.807) is 0 Å². The number of nitrogens with zero attached hydrogens (tertiary/aromatic N) is 2. The van der Waals surface area contributed by atoms with Crippen molar-refractivity contribution < 1.29 is 9.78 Å². The zero-order valence-corrected chi connectivity index (χ0v) is 13.4. The van der Waals surface area contributed by atoms with Crippen LogP contribution in [0.15, 0.2) is 18.2 Å². The van der Waals surface area contributed by atoms with Crippen molar-refractivity contribution in [1.82, 2.24) is 15.2 Å². The number of amides is 1. The van der Waals surface area contributed by atoms with E-state index in [1.807, 2.05) is 44.0 Å². The quantitative estimate of drug-likeness (QED) is 0.914. The lowest BCUT2D eigenvalue weighted by atomic mass is 10.0. The van der Waals surface area contributed by atoms with Crippen LogP contribution in [0.2, 0.25) is 0 Å². The maximum Gasteiger partial charge on any atom is 0.253 e. The second kappa shape index (κ2) is 6.01. The summed E-state index contributed by atoms with van der Waals surface area (Å²) in [5.74, 6) is 0.108. The average molecular weight is 299 g/mol. The van der Waals surface area contributed by atoms with Crippen LogP contribution in [0.1, 0.15) is 34.6 Å². The Hall–Kier alpha value is -2.01. The van der Waals surface area contributed by atoms with E-state index in [2.05, 4.69) is 15.3 Å². The number of fused-ring (bicyclic) bond motifs is 1. The Labute approximate surface area is 130 Å². The van der Waals surface area contributed by atoms with Crippen LogP contribution in [0, 0.1) is 13.8 Å². The molecule has 1 aliphatic rings. The summed E-state index contributed by atoms with van der Waals surface area (Å²) in [4.78, 5) is 22.5. The molecule has 0 aliphatic carbocycles. The Morgan fingerprint density at radius 1 is 1.32 bits per heavy atom. The van der Waals surface area contributed by atoms with Gasteiger partial charge in [-0.1, -0.05) is 0 Å². The molecule has 2 heterocycles. The molecule has 1 aromatic carbocycles. The number of benzene rings is 1. The van der Waals surface area contributed by atoms with Crippen molar-refractivity contribution in [3.05, 3.63) is 35.2 Å². The maximum absolute atomic E-state index is 12.7. The number of piperidine rings is 1. The molecule has 0 bridgehead atoms. The van der Waals surface area contributed by atoms with Gasteiger partial charge in [0.25, 0.3) is 5.91 Å². The first-order chi connectivity index (χ1) is 10.6. The molecule has 5 heteroatoms. The van der Waals surface area contributed by atoms with E-state index < -0.39 is 0 Å². The van der Waals surface area contributed by atoms with Gasteiger partial charge in [0.2, 0.25) is 5.52 Å². The van der Waals surface area contributed by atoms with Gasteiger partial charge in [-0.25, -0.2) is 9.97 Å². The summed E-state index contributed by atoms with van der Waals surface area (Å²) in [7, 11) is 1.98. The minimum atomic E-state index is 0.108. The normalized spacial score (nSPS) is 16.2. The Morgan fingerprint density at radius 2 is 2.05 bits per heavy atom. The molecule has 1 fully saturated rings. The minimum Gasteiger partial charge on any atom is -0.339 e. The van der Waals surface area contributed by atoms with Crippen LogP contribution >= 0.6 is 0 Å². The molecule has 2 N–H and O–H groups in total. The van der Waals surface area contributed by atoms with Gasteiger partial charge in [0.1, 0.15) is 11.2 Å². The van der Waals surface area contributed by atoms with Gasteiger partial charge < -0.3 is 10.2 Å². The summed E-state index contributed by atoms with van der Waals surface area (Å²) in [6, 6.07) is 6.26. The first kappa shape index (κ1) is 14.9. The molecule has 0 saturated carbocycles. The number of aromatic amines is 1. The fourth-order valence-electron chi connectivity index (χ4n) is 2.97. The number of rotatable bonds is 2. The van der Waals surface area contributed by atoms with E-state index in [0.29, 0.717) is 6.04 Å². The topological polar surface area (TPSA) is 59.4 Å². The van der Waals surface area contributed by atoms with Crippen molar-refractivity contribution in [1.29, 1.82) is 0 Å². The number of carbonyl (C=O) groups is 1. The molecule has 0 radical (unpaired) electrons. The van der Waals surface area contributed by atoms with Gasteiger partial charge >= 0.3 is 0 Å². The van der Waals surface area contributed by atoms with Crippen molar-refractivity contribution in [2.75, 3.05) is 20.1 Å². The van der Waals surface area contributed by atoms with Gasteiger partial charge in [0.15, 0.2) is 5.69 Å². The number of aromatic nitrogens is 2. The Bertz CT molecular complexity index is 705. The van der Waals surface area contributed by atoms with Crippen LogP contribution in [0.3, 0.4) is 0 Å². The monoisotopic (exact) mass is 299 g/mol. The highest BCUT2D eigenvalue weighted by Crippen LogP contribution is 2.17. The third kappa shape index (κ3) is 2.81. The lowest BCUT2D eigenvalue weighted by Gasteiger charge is -2.31. The number of nitrogens with one attached hydrogen (secondary N) is 2. The van der Waals surface area contributed by atoms with Crippen molar-refractivity contribution in [2.45, 2.75) is 32.7 Å². The molecule has 0 unspecified atom stereocenters. The second-order valence-corrected chi connectivity index (χ2v) is 6.03. The van der Waals surface area contributed by atoms with Crippen molar-refractivity contribution >= 4 is 16.9 Å². The molecule has 1 aliphatic heterocycles. The number of carbonyl (C=O) groups excluding carboxylic acids is 1. The fraction of sp³-hybridized carbons (Fsp3) is 0.471. The van der Waals surface area contributed by atoms with E-state index in [9.17, 15) is 4.79 Å². The zero-order chi connectivity index (χ0) is 15.7. The molecule has 1 aromatic heterocycles. The summed E-state index contributed by atoms with van der Waals surface area (Å²) in [6.07, 6.45) is 2.03. The molecule has 5 nitrogen and oxygen atoms in total. The number of hydrogen-bond donors (Lipinski definition) is 1. The largest absolute Gasteiger partial charge is 0.339 e. The van der Waals surface area contributed by atoms with Crippen molar-refractivity contribution in [2.24, 2.45) is 0 Å². The summed E-state index contributed by atoms with van der Waals surface area (Å²) in [5.41, 5.74) is 4.56. The highest BCUT2D eigenvalue weighted by atomic mass is 16.2. The van der Waals surface area contributed by atoms with Gasteiger partial charge in [0, 0.05) is 37.7 Å². The molecular formula is C17H23N4O+. The predicted octanol–water partition coefficient (Wildman–Crippen LogP) is 1.49. The Kier molecular flexibility index (Phi) is 4.07. The van der Waals surface area contributed by atoms with Crippen molar-refractivity contribution in [3.8, 4) is 0 Å². The summed E-state index contributed by atoms with van der Waals surface area (Å²) in [6.45, 7) is 5.61. The molecular weight excluding hydrogens is 276 g/mol. The average Bonchev–Trinajstić information content (AvgIpc) is 2.55. The van der Waals surface area contributed by atoms with Crippen LogP contribution in [0.4, 0.5) is 0 Å².